The molecule has 0 aromatic heterocycles. The molecule has 0 heterocycles. The van der Waals surface area contributed by atoms with Gasteiger partial charge in [0.1, 0.15) is 6.10 Å². The molecular weight excluding hydrogens is 236 g/mol. The van der Waals surface area contributed by atoms with E-state index in [2.05, 4.69) is 13.8 Å². The molecule has 19 heavy (non-hydrogen) atoms. The van der Waals surface area contributed by atoms with Crippen LogP contribution in [0.2, 0.25) is 0 Å². The Hall–Kier alpha value is -0.530. The third-order valence-corrected chi connectivity index (χ3v) is 3.76. The number of hydrogen-bond donors (Lipinski definition) is 0. The third kappa shape index (κ3) is 13.7. The summed E-state index contributed by atoms with van der Waals surface area (Å²) >= 11 is 0. The average Bonchev–Trinajstić information content (AvgIpc) is 2.42. The van der Waals surface area contributed by atoms with Gasteiger partial charge in [-0.05, 0) is 25.7 Å². The standard InChI is InChI=1S/C17H34O2/c1-3-5-7-9-10-11-13-15-17(19-16-18)14-12-8-6-4-2/h16-17H,3-15H2,1-2H3. The normalized spacial score (nSPS) is 12.3. The van der Waals surface area contributed by atoms with Gasteiger partial charge in [0.15, 0.2) is 0 Å². The van der Waals surface area contributed by atoms with E-state index in [0.29, 0.717) is 6.47 Å². The first-order chi connectivity index (χ1) is 9.35. The highest BCUT2D eigenvalue weighted by atomic mass is 16.5. The molecular formula is C17H34O2. The Morgan fingerprint density at radius 3 is 1.63 bits per heavy atom. The molecule has 0 aliphatic rings. The average molecular weight is 270 g/mol. The molecule has 0 rings (SSSR count). The van der Waals surface area contributed by atoms with Crippen molar-refractivity contribution in [1.29, 1.82) is 0 Å². The van der Waals surface area contributed by atoms with E-state index in [1.165, 1.54) is 70.6 Å². The molecule has 1 atom stereocenters. The Labute approximate surface area is 120 Å². The largest absolute Gasteiger partial charge is 0.465 e. The fraction of sp³-hybridized carbons (Fsp3) is 0.941. The zero-order valence-corrected chi connectivity index (χ0v) is 13.2. The molecule has 0 radical (unpaired) electrons. The molecule has 0 aromatic carbocycles. The zero-order chi connectivity index (χ0) is 14.2. The van der Waals surface area contributed by atoms with E-state index in [-0.39, 0.29) is 6.10 Å². The van der Waals surface area contributed by atoms with Crippen LogP contribution in [0.25, 0.3) is 0 Å². The zero-order valence-electron chi connectivity index (χ0n) is 13.2. The first kappa shape index (κ1) is 18.5. The summed E-state index contributed by atoms with van der Waals surface area (Å²) < 4.78 is 5.19. The Bertz CT molecular complexity index is 180. The van der Waals surface area contributed by atoms with Crippen molar-refractivity contribution in [2.45, 2.75) is 103 Å². The Kier molecular flexibility index (Phi) is 15.1. The molecule has 0 N–H and O–H groups in total. The quantitative estimate of drug-likeness (QED) is 0.284. The molecule has 0 saturated heterocycles. The van der Waals surface area contributed by atoms with E-state index in [1.807, 2.05) is 0 Å². The number of unbranched alkanes of at least 4 members (excludes halogenated alkanes) is 9. The fourth-order valence-electron chi connectivity index (χ4n) is 2.49. The predicted octanol–water partition coefficient (Wildman–Crippen LogP) is 5.64. The lowest BCUT2D eigenvalue weighted by molar-refractivity contribution is -0.134. The second kappa shape index (κ2) is 15.5. The molecule has 0 aromatic rings. The summed E-state index contributed by atoms with van der Waals surface area (Å²) in [5.41, 5.74) is 0. The summed E-state index contributed by atoms with van der Waals surface area (Å²) in [6, 6.07) is 0. The van der Waals surface area contributed by atoms with Crippen molar-refractivity contribution in [3.05, 3.63) is 0 Å². The molecule has 114 valence electrons. The van der Waals surface area contributed by atoms with Crippen LogP contribution in [0.4, 0.5) is 0 Å². The molecule has 2 heteroatoms. The van der Waals surface area contributed by atoms with Gasteiger partial charge in [0.05, 0.1) is 0 Å². The summed E-state index contributed by atoms with van der Waals surface area (Å²) in [7, 11) is 0. The van der Waals surface area contributed by atoms with E-state index in [0.717, 1.165) is 12.8 Å². The van der Waals surface area contributed by atoms with E-state index in [4.69, 9.17) is 4.74 Å². The molecule has 0 aliphatic carbocycles. The summed E-state index contributed by atoms with van der Waals surface area (Å²) in [5.74, 6) is 0. The molecule has 0 spiro atoms. The molecule has 0 bridgehead atoms. The van der Waals surface area contributed by atoms with Crippen LogP contribution in [0.1, 0.15) is 97.3 Å². The fourth-order valence-corrected chi connectivity index (χ4v) is 2.49. The number of carbonyl (C=O) groups excluding carboxylic acids is 1. The minimum absolute atomic E-state index is 0.171. The van der Waals surface area contributed by atoms with Crippen LogP contribution in [0, 0.1) is 0 Å². The van der Waals surface area contributed by atoms with Crippen LogP contribution < -0.4 is 0 Å². The second-order valence-electron chi connectivity index (χ2n) is 5.61. The van der Waals surface area contributed by atoms with Gasteiger partial charge in [-0.3, -0.25) is 4.79 Å². The van der Waals surface area contributed by atoms with Gasteiger partial charge in [-0.1, -0.05) is 71.6 Å². The van der Waals surface area contributed by atoms with Crippen molar-refractivity contribution in [2.75, 3.05) is 0 Å². The van der Waals surface area contributed by atoms with Crippen LogP contribution >= 0.6 is 0 Å². The minimum atomic E-state index is 0.171. The first-order valence-electron chi connectivity index (χ1n) is 8.44. The van der Waals surface area contributed by atoms with Crippen molar-refractivity contribution in [3.8, 4) is 0 Å². The highest BCUT2D eigenvalue weighted by molar-refractivity contribution is 5.37. The van der Waals surface area contributed by atoms with E-state index >= 15 is 0 Å². The van der Waals surface area contributed by atoms with Crippen LogP contribution in [0.15, 0.2) is 0 Å². The molecule has 1 unspecified atom stereocenters. The first-order valence-corrected chi connectivity index (χ1v) is 8.44. The van der Waals surface area contributed by atoms with Gasteiger partial charge in [-0.2, -0.15) is 0 Å². The van der Waals surface area contributed by atoms with Crippen molar-refractivity contribution < 1.29 is 9.53 Å². The molecule has 0 saturated carbocycles. The smallest absolute Gasteiger partial charge is 0.293 e. The summed E-state index contributed by atoms with van der Waals surface area (Å²) in [6.07, 6.45) is 16.6. The molecule has 0 amide bonds. The van der Waals surface area contributed by atoms with E-state index in [1.54, 1.807) is 0 Å². The topological polar surface area (TPSA) is 26.3 Å². The molecule has 0 aliphatic heterocycles. The lowest BCUT2D eigenvalue weighted by Crippen LogP contribution is -2.12. The van der Waals surface area contributed by atoms with Gasteiger partial charge in [0, 0.05) is 0 Å². The van der Waals surface area contributed by atoms with Crippen LogP contribution in [0.5, 0.6) is 0 Å². The Balaban J connectivity index is 3.45. The van der Waals surface area contributed by atoms with Crippen molar-refractivity contribution in [3.63, 3.8) is 0 Å². The number of hydrogen-bond acceptors (Lipinski definition) is 2. The summed E-state index contributed by atoms with van der Waals surface area (Å²) in [4.78, 5) is 10.5. The number of carbonyl (C=O) groups is 1. The minimum Gasteiger partial charge on any atom is -0.465 e. The predicted molar refractivity (Wildman–Crippen MR) is 82.3 cm³/mol. The highest BCUT2D eigenvalue weighted by Crippen LogP contribution is 2.15. The van der Waals surface area contributed by atoms with Gasteiger partial charge in [-0.25, -0.2) is 0 Å². The van der Waals surface area contributed by atoms with Gasteiger partial charge in [0.25, 0.3) is 6.47 Å². The van der Waals surface area contributed by atoms with Crippen LogP contribution in [-0.4, -0.2) is 12.6 Å². The molecule has 2 nitrogen and oxygen atoms in total. The monoisotopic (exact) mass is 270 g/mol. The maximum absolute atomic E-state index is 10.5. The van der Waals surface area contributed by atoms with Gasteiger partial charge in [0.2, 0.25) is 0 Å². The maximum atomic E-state index is 10.5. The Morgan fingerprint density at radius 2 is 1.16 bits per heavy atom. The summed E-state index contributed by atoms with van der Waals surface area (Å²) in [5, 5.41) is 0. The number of rotatable bonds is 15. The van der Waals surface area contributed by atoms with Gasteiger partial charge < -0.3 is 4.74 Å². The van der Waals surface area contributed by atoms with Gasteiger partial charge in [-0.15, -0.1) is 0 Å². The Morgan fingerprint density at radius 1 is 0.737 bits per heavy atom. The third-order valence-electron chi connectivity index (χ3n) is 3.76. The number of ether oxygens (including phenoxy) is 1. The van der Waals surface area contributed by atoms with Crippen LogP contribution in [-0.2, 0) is 9.53 Å². The maximum Gasteiger partial charge on any atom is 0.293 e. The van der Waals surface area contributed by atoms with Crippen molar-refractivity contribution in [1.82, 2.24) is 0 Å². The van der Waals surface area contributed by atoms with Crippen molar-refractivity contribution in [2.24, 2.45) is 0 Å². The van der Waals surface area contributed by atoms with E-state index in [9.17, 15) is 4.79 Å². The second-order valence-corrected chi connectivity index (χ2v) is 5.61. The van der Waals surface area contributed by atoms with Gasteiger partial charge >= 0.3 is 0 Å². The lowest BCUT2D eigenvalue weighted by Gasteiger charge is -2.14. The highest BCUT2D eigenvalue weighted by Gasteiger charge is 2.08. The summed E-state index contributed by atoms with van der Waals surface area (Å²) in [6.45, 7) is 5.10. The van der Waals surface area contributed by atoms with E-state index < -0.39 is 0 Å². The van der Waals surface area contributed by atoms with Crippen LogP contribution in [0.3, 0.4) is 0 Å². The molecule has 0 fully saturated rings. The van der Waals surface area contributed by atoms with Crippen molar-refractivity contribution >= 4 is 6.47 Å². The SMILES string of the molecule is CCCCCCCCCC(CCCCCC)OC=O. The lowest BCUT2D eigenvalue weighted by atomic mass is 10.0.